The Hall–Kier alpha value is -4.43. The third kappa shape index (κ3) is 2.86. The minimum absolute atomic E-state index is 0.0681. The van der Waals surface area contributed by atoms with Crippen LogP contribution in [0.15, 0.2) is 120 Å². The van der Waals surface area contributed by atoms with Crippen LogP contribution in [0.4, 0.5) is 0 Å². The van der Waals surface area contributed by atoms with Crippen molar-refractivity contribution in [2.75, 3.05) is 0 Å². The lowest BCUT2D eigenvalue weighted by Gasteiger charge is -2.23. The van der Waals surface area contributed by atoms with Crippen LogP contribution in [0.3, 0.4) is 0 Å². The molecule has 3 aliphatic rings. The summed E-state index contributed by atoms with van der Waals surface area (Å²) in [7, 11) is 0. The van der Waals surface area contributed by atoms with Crippen molar-refractivity contribution in [3.63, 3.8) is 0 Å². The third-order valence-electron chi connectivity index (χ3n) is 8.71. The minimum Gasteiger partial charge on any atom is -0.309 e. The van der Waals surface area contributed by atoms with E-state index in [1.807, 2.05) is 0 Å². The molecule has 2 heterocycles. The Kier molecular flexibility index (Phi) is 4.43. The fourth-order valence-corrected chi connectivity index (χ4v) is 7.02. The zero-order valence-electron chi connectivity index (χ0n) is 21.6. The summed E-state index contributed by atoms with van der Waals surface area (Å²) in [6.07, 6.45) is 11.8. The van der Waals surface area contributed by atoms with Crippen molar-refractivity contribution in [2.45, 2.75) is 25.7 Å². The van der Waals surface area contributed by atoms with E-state index in [9.17, 15) is 0 Å². The van der Waals surface area contributed by atoms with Gasteiger partial charge in [0, 0.05) is 39.6 Å². The molecular weight excluding hydrogens is 460 g/mol. The minimum atomic E-state index is -0.0681. The predicted octanol–water partition coefficient (Wildman–Crippen LogP) is 9.02. The normalized spacial score (nSPS) is 18.7. The third-order valence-corrected chi connectivity index (χ3v) is 8.71. The first-order chi connectivity index (χ1) is 18.6. The quantitative estimate of drug-likeness (QED) is 0.236. The maximum Gasteiger partial charge on any atom is 0.0736 e. The van der Waals surface area contributed by atoms with Crippen molar-refractivity contribution in [3.05, 3.63) is 131 Å². The van der Waals surface area contributed by atoms with E-state index in [-0.39, 0.29) is 5.41 Å². The Morgan fingerprint density at radius 2 is 1.68 bits per heavy atom. The van der Waals surface area contributed by atoms with Crippen LogP contribution in [0.1, 0.15) is 37.0 Å². The maximum atomic E-state index is 4.88. The number of rotatable bonds is 2. The second-order valence-corrected chi connectivity index (χ2v) is 11.2. The molecule has 0 N–H and O–H groups in total. The van der Waals surface area contributed by atoms with E-state index in [1.165, 1.54) is 60.9 Å². The molecule has 0 spiro atoms. The molecule has 4 aromatic carbocycles. The second kappa shape index (κ2) is 7.79. The van der Waals surface area contributed by atoms with Crippen LogP contribution < -0.4 is 0 Å². The fraction of sp³-hybridized carbons (Fsp3) is 0.139. The number of allylic oxidation sites excluding steroid dienone is 5. The van der Waals surface area contributed by atoms with Gasteiger partial charge in [0.25, 0.3) is 0 Å². The van der Waals surface area contributed by atoms with Crippen molar-refractivity contribution in [1.29, 1.82) is 0 Å². The van der Waals surface area contributed by atoms with Gasteiger partial charge in [0.2, 0.25) is 0 Å². The molecule has 38 heavy (non-hydrogen) atoms. The summed E-state index contributed by atoms with van der Waals surface area (Å²) in [4.78, 5) is 4.88. The molecule has 8 rings (SSSR count). The molecule has 2 nitrogen and oxygen atoms in total. The van der Waals surface area contributed by atoms with Crippen molar-refractivity contribution in [1.82, 2.24) is 4.57 Å². The number of aliphatic imine (C=N–C) groups is 1. The van der Waals surface area contributed by atoms with Crippen LogP contribution >= 0.6 is 0 Å². The average Bonchev–Trinajstić information content (AvgIpc) is 3.42. The highest BCUT2D eigenvalue weighted by Crippen LogP contribution is 2.53. The first-order valence-corrected chi connectivity index (χ1v) is 13.5. The summed E-state index contributed by atoms with van der Waals surface area (Å²) in [6.45, 7) is 4.75. The monoisotopic (exact) mass is 488 g/mol. The topological polar surface area (TPSA) is 17.3 Å². The van der Waals surface area contributed by atoms with E-state index in [4.69, 9.17) is 4.99 Å². The van der Waals surface area contributed by atoms with Gasteiger partial charge in [-0.05, 0) is 58.5 Å². The molecule has 0 radical (unpaired) electrons. The summed E-state index contributed by atoms with van der Waals surface area (Å²) in [5.74, 6) is 0.413. The van der Waals surface area contributed by atoms with Gasteiger partial charge in [-0.2, -0.15) is 0 Å². The van der Waals surface area contributed by atoms with E-state index in [0.29, 0.717) is 5.92 Å². The first-order valence-electron chi connectivity index (χ1n) is 13.5. The van der Waals surface area contributed by atoms with Crippen LogP contribution in [-0.4, -0.2) is 10.8 Å². The highest BCUT2D eigenvalue weighted by Gasteiger charge is 2.38. The molecule has 0 saturated carbocycles. The number of fused-ring (bicyclic) bond motifs is 8. The van der Waals surface area contributed by atoms with Crippen molar-refractivity contribution in [3.8, 4) is 16.8 Å². The zero-order chi connectivity index (χ0) is 25.4. The van der Waals surface area contributed by atoms with Crippen LogP contribution in [0.25, 0.3) is 44.3 Å². The van der Waals surface area contributed by atoms with Gasteiger partial charge in [-0.3, -0.25) is 4.99 Å². The van der Waals surface area contributed by atoms with Crippen LogP contribution in [0, 0.1) is 5.92 Å². The molecule has 5 aromatic rings. The second-order valence-electron chi connectivity index (χ2n) is 11.2. The number of aromatic nitrogens is 1. The fourth-order valence-electron chi connectivity index (χ4n) is 7.02. The van der Waals surface area contributed by atoms with Gasteiger partial charge < -0.3 is 4.57 Å². The molecule has 0 amide bonds. The maximum absolute atomic E-state index is 4.88. The number of nitrogens with zero attached hydrogens (tertiary/aromatic N) is 2. The van der Waals surface area contributed by atoms with E-state index >= 15 is 0 Å². The smallest absolute Gasteiger partial charge is 0.0736 e. The van der Waals surface area contributed by atoms with Crippen LogP contribution in [-0.2, 0) is 5.41 Å². The van der Waals surface area contributed by atoms with E-state index < -0.39 is 0 Å². The molecular formula is C36H28N2. The van der Waals surface area contributed by atoms with Gasteiger partial charge in [0.15, 0.2) is 0 Å². The summed E-state index contributed by atoms with van der Waals surface area (Å²) in [5.41, 5.74) is 12.7. The number of hydrogen-bond donors (Lipinski definition) is 0. The Balaban J connectivity index is 1.40. The average molecular weight is 489 g/mol. The molecule has 1 aliphatic heterocycles. The molecule has 1 unspecified atom stereocenters. The first kappa shape index (κ1) is 21.6. The number of para-hydroxylation sites is 1. The van der Waals surface area contributed by atoms with E-state index in [1.54, 1.807) is 0 Å². The molecule has 182 valence electrons. The largest absolute Gasteiger partial charge is 0.309 e. The lowest BCUT2D eigenvalue weighted by atomic mass is 9.80. The van der Waals surface area contributed by atoms with Crippen LogP contribution in [0.2, 0.25) is 0 Å². The van der Waals surface area contributed by atoms with Crippen molar-refractivity contribution in [2.24, 2.45) is 10.9 Å². The molecule has 0 bridgehead atoms. The Bertz CT molecular complexity index is 1920. The SMILES string of the molecule is CC1(C)c2ccccc2-c2ccc3c(c21)c1ccccc1n3-c1cccc(C2=C3C=CC=CC3CC=N2)c1. The van der Waals surface area contributed by atoms with Crippen molar-refractivity contribution >= 4 is 33.7 Å². The van der Waals surface area contributed by atoms with E-state index in [0.717, 1.165) is 12.1 Å². The molecule has 2 heteroatoms. The lowest BCUT2D eigenvalue weighted by molar-refractivity contribution is 0.666. The van der Waals surface area contributed by atoms with Gasteiger partial charge in [0.1, 0.15) is 0 Å². The Labute approximate surface area is 223 Å². The number of hydrogen-bond acceptors (Lipinski definition) is 1. The Morgan fingerprint density at radius 3 is 2.63 bits per heavy atom. The van der Waals surface area contributed by atoms with Gasteiger partial charge in [0.05, 0.1) is 16.7 Å². The highest BCUT2D eigenvalue weighted by molar-refractivity contribution is 6.14. The van der Waals surface area contributed by atoms with Gasteiger partial charge in [-0.25, -0.2) is 0 Å². The molecule has 0 saturated heterocycles. The van der Waals surface area contributed by atoms with Crippen molar-refractivity contribution < 1.29 is 0 Å². The predicted molar refractivity (Wildman–Crippen MR) is 160 cm³/mol. The van der Waals surface area contributed by atoms with Gasteiger partial charge in [-0.1, -0.05) is 98.8 Å². The number of benzene rings is 4. The van der Waals surface area contributed by atoms with E-state index in [2.05, 4.69) is 134 Å². The summed E-state index contributed by atoms with van der Waals surface area (Å²) in [5, 5.41) is 2.67. The van der Waals surface area contributed by atoms with Crippen LogP contribution in [0.5, 0.6) is 0 Å². The highest BCUT2D eigenvalue weighted by atomic mass is 15.0. The summed E-state index contributed by atoms with van der Waals surface area (Å²) < 4.78 is 2.44. The standard InChI is InChI=1S/C36H28N2/c1-36(2)30-16-7-5-14-27(30)28-18-19-32-33(34(28)36)29-15-6-8-17-31(29)38(32)25-12-9-11-24(22-25)35-26-13-4-3-10-23(26)20-21-37-35/h3-19,21-23H,20H2,1-2H3. The summed E-state index contributed by atoms with van der Waals surface area (Å²) in [6, 6.07) is 31.4. The van der Waals surface area contributed by atoms with Gasteiger partial charge >= 0.3 is 0 Å². The molecule has 1 aromatic heterocycles. The molecule has 0 fully saturated rings. The Morgan fingerprint density at radius 1 is 0.816 bits per heavy atom. The lowest BCUT2D eigenvalue weighted by Crippen LogP contribution is -2.15. The van der Waals surface area contributed by atoms with Gasteiger partial charge in [-0.15, -0.1) is 0 Å². The molecule has 1 atom stereocenters. The molecule has 2 aliphatic carbocycles. The zero-order valence-corrected chi connectivity index (χ0v) is 21.6. The summed E-state index contributed by atoms with van der Waals surface area (Å²) >= 11 is 0.